The maximum atomic E-state index is 12.7. The number of halogens is 1. The van der Waals surface area contributed by atoms with E-state index in [1.54, 1.807) is 18.2 Å². The fourth-order valence-electron chi connectivity index (χ4n) is 4.20. The van der Waals surface area contributed by atoms with E-state index >= 15 is 0 Å². The van der Waals surface area contributed by atoms with Gasteiger partial charge in [0.25, 0.3) is 5.91 Å². The van der Waals surface area contributed by atoms with Crippen LogP contribution in [0.4, 0.5) is 5.69 Å². The van der Waals surface area contributed by atoms with E-state index in [2.05, 4.69) is 10.5 Å². The monoisotopic (exact) mass is 464 g/mol. The van der Waals surface area contributed by atoms with E-state index < -0.39 is 5.91 Å². The Morgan fingerprint density at radius 3 is 2.42 bits per heavy atom. The summed E-state index contributed by atoms with van der Waals surface area (Å²) in [4.78, 5) is 12.7. The van der Waals surface area contributed by atoms with Crippen molar-refractivity contribution in [2.24, 2.45) is 0 Å². The predicted molar refractivity (Wildman–Crippen MR) is 128 cm³/mol. The van der Waals surface area contributed by atoms with Gasteiger partial charge in [0.2, 0.25) is 5.76 Å². The molecule has 1 aliphatic heterocycles. The molecule has 1 aromatic heterocycles. The summed E-state index contributed by atoms with van der Waals surface area (Å²) >= 11 is 6.56. The highest BCUT2D eigenvalue weighted by atomic mass is 35.5. The number of fused-ring (bicyclic) bond motifs is 1. The standard InChI is InChI=1S/C26H25ClN2O4/c1-25(2,3)21-12-20(33-29-21)23(31)22-17-10-16(18(27)11-19(17)28-24(22)32)14-4-6-15(7-5-14)26(13-30)8-9-26/h4-7,10-12,30-31H,8-9,13H2,1-3H3,(H,28,32)/b23-22-. The molecule has 3 N–H and O–H groups in total. The third-order valence-electron chi connectivity index (χ3n) is 6.57. The second-order valence-electron chi connectivity index (χ2n) is 9.90. The van der Waals surface area contributed by atoms with Crippen molar-refractivity contribution in [3.63, 3.8) is 0 Å². The van der Waals surface area contributed by atoms with Crippen LogP contribution in [0, 0.1) is 0 Å². The van der Waals surface area contributed by atoms with Crippen molar-refractivity contribution in [3.05, 3.63) is 70.1 Å². The Labute approximate surface area is 196 Å². The van der Waals surface area contributed by atoms with E-state index in [-0.39, 0.29) is 34.5 Å². The van der Waals surface area contributed by atoms with Crippen LogP contribution in [0.2, 0.25) is 5.02 Å². The van der Waals surface area contributed by atoms with Gasteiger partial charge >= 0.3 is 0 Å². The molecule has 33 heavy (non-hydrogen) atoms. The molecule has 0 saturated heterocycles. The molecule has 1 aliphatic carbocycles. The number of aliphatic hydroxyl groups excluding tert-OH is 2. The molecule has 0 radical (unpaired) electrons. The van der Waals surface area contributed by atoms with Gasteiger partial charge in [0.1, 0.15) is 0 Å². The number of carbonyl (C=O) groups is 1. The van der Waals surface area contributed by atoms with Crippen LogP contribution >= 0.6 is 11.6 Å². The normalized spacial score (nSPS) is 18.2. The molecule has 1 amide bonds. The first-order valence-electron chi connectivity index (χ1n) is 10.9. The largest absolute Gasteiger partial charge is 0.504 e. The van der Waals surface area contributed by atoms with Crippen LogP contribution in [0.15, 0.2) is 47.0 Å². The van der Waals surface area contributed by atoms with Crippen LogP contribution in [-0.2, 0) is 15.6 Å². The maximum Gasteiger partial charge on any atom is 0.260 e. The van der Waals surface area contributed by atoms with Gasteiger partial charge in [-0.05, 0) is 36.1 Å². The molecular weight excluding hydrogens is 440 g/mol. The number of amides is 1. The predicted octanol–water partition coefficient (Wildman–Crippen LogP) is 5.69. The number of aromatic nitrogens is 1. The lowest BCUT2D eigenvalue weighted by molar-refractivity contribution is -0.110. The summed E-state index contributed by atoms with van der Waals surface area (Å²) in [5, 5.41) is 27.9. The molecule has 5 rings (SSSR count). The summed E-state index contributed by atoms with van der Waals surface area (Å²) < 4.78 is 5.34. The summed E-state index contributed by atoms with van der Waals surface area (Å²) in [7, 11) is 0. The van der Waals surface area contributed by atoms with Gasteiger partial charge < -0.3 is 20.1 Å². The molecule has 2 heterocycles. The number of hydrogen-bond acceptors (Lipinski definition) is 5. The summed E-state index contributed by atoms with van der Waals surface area (Å²) in [5.41, 5.74) is 4.24. The molecule has 0 unspecified atom stereocenters. The van der Waals surface area contributed by atoms with Gasteiger partial charge in [0.05, 0.1) is 28.6 Å². The van der Waals surface area contributed by atoms with Crippen LogP contribution < -0.4 is 5.32 Å². The number of nitrogens with zero attached hydrogens (tertiary/aromatic N) is 1. The van der Waals surface area contributed by atoms with Crippen molar-refractivity contribution in [1.82, 2.24) is 5.16 Å². The van der Waals surface area contributed by atoms with Gasteiger partial charge in [-0.1, -0.05) is 61.8 Å². The molecule has 3 aromatic rings. The topological polar surface area (TPSA) is 95.6 Å². The minimum Gasteiger partial charge on any atom is -0.504 e. The Bertz CT molecular complexity index is 1290. The van der Waals surface area contributed by atoms with Gasteiger partial charge in [0, 0.05) is 28.0 Å². The van der Waals surface area contributed by atoms with Crippen LogP contribution in [-0.4, -0.2) is 27.9 Å². The van der Waals surface area contributed by atoms with E-state index in [0.717, 1.165) is 29.5 Å². The second-order valence-corrected chi connectivity index (χ2v) is 10.3. The molecule has 1 saturated carbocycles. The number of hydrogen-bond donors (Lipinski definition) is 3. The van der Waals surface area contributed by atoms with E-state index in [4.69, 9.17) is 16.1 Å². The average Bonchev–Trinajstić information content (AvgIpc) is 3.27. The summed E-state index contributed by atoms with van der Waals surface area (Å²) in [6.07, 6.45) is 1.98. The highest BCUT2D eigenvalue weighted by Crippen LogP contribution is 2.48. The summed E-state index contributed by atoms with van der Waals surface area (Å²) in [5.74, 6) is -0.563. The molecule has 2 aliphatic rings. The zero-order valence-electron chi connectivity index (χ0n) is 18.7. The molecular formula is C26H25ClN2O4. The summed E-state index contributed by atoms with van der Waals surface area (Å²) in [6, 6.07) is 13.1. The lowest BCUT2D eigenvalue weighted by Gasteiger charge is -2.14. The lowest BCUT2D eigenvalue weighted by atomic mass is 9.92. The van der Waals surface area contributed by atoms with E-state index in [9.17, 15) is 15.0 Å². The molecule has 1 fully saturated rings. The van der Waals surface area contributed by atoms with Crippen molar-refractivity contribution in [3.8, 4) is 11.1 Å². The Balaban J connectivity index is 1.56. The van der Waals surface area contributed by atoms with Gasteiger partial charge in [-0.25, -0.2) is 0 Å². The van der Waals surface area contributed by atoms with Crippen molar-refractivity contribution in [1.29, 1.82) is 0 Å². The molecule has 0 bridgehead atoms. The molecule has 7 heteroatoms. The van der Waals surface area contributed by atoms with Gasteiger partial charge in [-0.3, -0.25) is 4.79 Å². The van der Waals surface area contributed by atoms with Crippen molar-refractivity contribution < 1.29 is 19.5 Å². The third-order valence-corrected chi connectivity index (χ3v) is 6.88. The first-order valence-corrected chi connectivity index (χ1v) is 11.3. The minimum atomic E-state index is -0.432. The Morgan fingerprint density at radius 1 is 1.15 bits per heavy atom. The third kappa shape index (κ3) is 3.63. The van der Waals surface area contributed by atoms with Crippen LogP contribution in [0.5, 0.6) is 0 Å². The number of rotatable bonds is 4. The van der Waals surface area contributed by atoms with Crippen LogP contribution in [0.25, 0.3) is 22.5 Å². The number of aliphatic hydroxyl groups is 2. The van der Waals surface area contributed by atoms with E-state index in [1.165, 1.54) is 0 Å². The minimum absolute atomic E-state index is 0.110. The van der Waals surface area contributed by atoms with Gasteiger partial charge in [-0.15, -0.1) is 0 Å². The first-order chi connectivity index (χ1) is 15.6. The van der Waals surface area contributed by atoms with E-state index in [0.29, 0.717) is 22.0 Å². The lowest BCUT2D eigenvalue weighted by Crippen LogP contribution is -2.11. The Hall–Kier alpha value is -3.09. The number of anilines is 1. The average molecular weight is 465 g/mol. The molecule has 170 valence electrons. The second kappa shape index (κ2) is 7.47. The quantitative estimate of drug-likeness (QED) is 0.340. The van der Waals surface area contributed by atoms with Crippen LogP contribution in [0.1, 0.15) is 56.2 Å². The molecule has 0 spiro atoms. The number of nitrogens with one attached hydrogen (secondary N) is 1. The number of carbonyl (C=O) groups excluding carboxylic acids is 1. The zero-order chi connectivity index (χ0) is 23.5. The van der Waals surface area contributed by atoms with Crippen molar-refractivity contribution in [2.75, 3.05) is 11.9 Å². The van der Waals surface area contributed by atoms with Crippen LogP contribution in [0.3, 0.4) is 0 Å². The number of benzene rings is 2. The van der Waals surface area contributed by atoms with Gasteiger partial charge in [0.15, 0.2) is 5.76 Å². The fraction of sp³-hybridized carbons (Fsp3) is 0.308. The van der Waals surface area contributed by atoms with Gasteiger partial charge in [-0.2, -0.15) is 0 Å². The van der Waals surface area contributed by atoms with E-state index in [1.807, 2.05) is 45.0 Å². The summed E-state index contributed by atoms with van der Waals surface area (Å²) in [6.45, 7) is 6.11. The highest BCUT2D eigenvalue weighted by Gasteiger charge is 2.43. The molecule has 0 atom stereocenters. The van der Waals surface area contributed by atoms with Crippen molar-refractivity contribution in [2.45, 2.75) is 44.4 Å². The zero-order valence-corrected chi connectivity index (χ0v) is 19.5. The maximum absolute atomic E-state index is 12.7. The smallest absolute Gasteiger partial charge is 0.260 e. The Morgan fingerprint density at radius 2 is 1.85 bits per heavy atom. The molecule has 2 aromatic carbocycles. The van der Waals surface area contributed by atoms with Crippen molar-refractivity contribution >= 4 is 34.5 Å². The SMILES string of the molecule is CC(C)(C)c1cc(/C(O)=C2/C(=O)Nc3cc(Cl)c(-c4ccc(C5(CO)CC5)cc4)cc32)on1. The molecule has 6 nitrogen and oxygen atoms in total. The Kier molecular flexibility index (Phi) is 4.92. The first kappa shape index (κ1) is 21.7. The highest BCUT2D eigenvalue weighted by molar-refractivity contribution is 6.38. The fourth-order valence-corrected chi connectivity index (χ4v) is 4.48.